The SMILES string of the molecule is CN(Cc1ccsc1)c1nnc(Br)s1. The Labute approximate surface area is 98.5 Å². The van der Waals surface area contributed by atoms with Gasteiger partial charge in [-0.1, -0.05) is 11.3 Å². The van der Waals surface area contributed by atoms with Gasteiger partial charge in [-0.25, -0.2) is 0 Å². The van der Waals surface area contributed by atoms with Crippen LogP contribution in [0.25, 0.3) is 0 Å². The van der Waals surface area contributed by atoms with Gasteiger partial charge in [0.2, 0.25) is 5.13 Å². The Morgan fingerprint density at radius 3 is 2.93 bits per heavy atom. The molecule has 0 amide bonds. The molecule has 0 aliphatic heterocycles. The van der Waals surface area contributed by atoms with Crippen LogP contribution in [0.5, 0.6) is 0 Å². The zero-order valence-corrected chi connectivity index (χ0v) is 10.7. The quantitative estimate of drug-likeness (QED) is 0.870. The summed E-state index contributed by atoms with van der Waals surface area (Å²) >= 11 is 6.55. The molecule has 6 heteroatoms. The van der Waals surface area contributed by atoms with Crippen molar-refractivity contribution in [2.75, 3.05) is 11.9 Å². The number of halogens is 1. The highest BCUT2D eigenvalue weighted by molar-refractivity contribution is 9.11. The number of hydrogen-bond acceptors (Lipinski definition) is 5. The Hall–Kier alpha value is -0.460. The average Bonchev–Trinajstić information content (AvgIpc) is 2.75. The van der Waals surface area contributed by atoms with Crippen LogP contribution in [0.1, 0.15) is 5.56 Å². The first-order valence-electron chi connectivity index (χ1n) is 3.97. The molecule has 0 saturated carbocycles. The van der Waals surface area contributed by atoms with Gasteiger partial charge in [0.05, 0.1) is 0 Å². The minimum Gasteiger partial charge on any atom is -0.345 e. The topological polar surface area (TPSA) is 29.0 Å². The normalized spacial score (nSPS) is 10.4. The zero-order valence-electron chi connectivity index (χ0n) is 7.48. The molecule has 0 N–H and O–H groups in total. The van der Waals surface area contributed by atoms with Gasteiger partial charge >= 0.3 is 0 Å². The van der Waals surface area contributed by atoms with Crippen molar-refractivity contribution in [3.63, 3.8) is 0 Å². The van der Waals surface area contributed by atoms with Crippen molar-refractivity contribution in [3.8, 4) is 0 Å². The van der Waals surface area contributed by atoms with Crippen molar-refractivity contribution < 1.29 is 0 Å². The third-order valence-electron chi connectivity index (χ3n) is 1.72. The molecule has 2 aromatic heterocycles. The second-order valence-electron chi connectivity index (χ2n) is 2.83. The monoisotopic (exact) mass is 289 g/mol. The highest BCUT2D eigenvalue weighted by atomic mass is 79.9. The van der Waals surface area contributed by atoms with E-state index in [1.165, 1.54) is 5.56 Å². The van der Waals surface area contributed by atoms with E-state index in [-0.39, 0.29) is 0 Å². The number of hydrogen-bond donors (Lipinski definition) is 0. The van der Waals surface area contributed by atoms with Gasteiger partial charge in [0.25, 0.3) is 0 Å². The van der Waals surface area contributed by atoms with Gasteiger partial charge in [-0.15, -0.1) is 10.2 Å². The standard InChI is InChI=1S/C8H8BrN3S2/c1-12(4-6-2-3-13-5-6)8-11-10-7(9)14-8/h2-3,5H,4H2,1H3. The molecule has 0 bridgehead atoms. The van der Waals surface area contributed by atoms with Crippen molar-refractivity contribution in [2.45, 2.75) is 6.54 Å². The molecule has 0 saturated heterocycles. The van der Waals surface area contributed by atoms with Crippen LogP contribution in [0.3, 0.4) is 0 Å². The third-order valence-corrected chi connectivity index (χ3v) is 3.92. The van der Waals surface area contributed by atoms with Crippen molar-refractivity contribution >= 4 is 43.7 Å². The smallest absolute Gasteiger partial charge is 0.209 e. The molecule has 0 radical (unpaired) electrons. The molecule has 74 valence electrons. The average molecular weight is 290 g/mol. The van der Waals surface area contributed by atoms with E-state index >= 15 is 0 Å². The van der Waals surface area contributed by atoms with Gasteiger partial charge in [-0.2, -0.15) is 11.3 Å². The third kappa shape index (κ3) is 2.31. The van der Waals surface area contributed by atoms with Gasteiger partial charge < -0.3 is 4.90 Å². The summed E-state index contributed by atoms with van der Waals surface area (Å²) in [5, 5.41) is 13.1. The number of anilines is 1. The van der Waals surface area contributed by atoms with Crippen LogP contribution in [0, 0.1) is 0 Å². The fourth-order valence-corrected chi connectivity index (χ4v) is 2.78. The van der Waals surface area contributed by atoms with Crippen LogP contribution < -0.4 is 4.90 Å². The van der Waals surface area contributed by atoms with Crippen molar-refractivity contribution in [3.05, 3.63) is 26.3 Å². The molecule has 2 rings (SSSR count). The van der Waals surface area contributed by atoms with Crippen LogP contribution in [0.2, 0.25) is 0 Å². The Kier molecular flexibility index (Phi) is 3.15. The molecule has 2 aromatic rings. The maximum Gasteiger partial charge on any atom is 0.209 e. The lowest BCUT2D eigenvalue weighted by molar-refractivity contribution is 0.895. The summed E-state index contributed by atoms with van der Waals surface area (Å²) in [5.41, 5.74) is 1.31. The predicted molar refractivity (Wildman–Crippen MR) is 64.0 cm³/mol. The van der Waals surface area contributed by atoms with Gasteiger partial charge in [0.15, 0.2) is 3.92 Å². The van der Waals surface area contributed by atoms with Crippen molar-refractivity contribution in [2.24, 2.45) is 0 Å². The Bertz CT molecular complexity index is 398. The lowest BCUT2D eigenvalue weighted by Gasteiger charge is -2.13. The zero-order chi connectivity index (χ0) is 9.97. The van der Waals surface area contributed by atoms with Gasteiger partial charge in [-0.3, -0.25) is 0 Å². The van der Waals surface area contributed by atoms with Crippen molar-refractivity contribution in [1.82, 2.24) is 10.2 Å². The number of nitrogens with zero attached hydrogens (tertiary/aromatic N) is 3. The summed E-state index contributed by atoms with van der Waals surface area (Å²) in [5.74, 6) is 0. The van der Waals surface area contributed by atoms with Gasteiger partial charge in [0.1, 0.15) is 0 Å². The molecule has 0 fully saturated rings. The lowest BCUT2D eigenvalue weighted by atomic mass is 10.3. The Morgan fingerprint density at radius 2 is 2.36 bits per heavy atom. The van der Waals surface area contributed by atoms with E-state index in [1.807, 2.05) is 7.05 Å². The molecule has 0 spiro atoms. The fourth-order valence-electron chi connectivity index (χ4n) is 1.08. The summed E-state index contributed by atoms with van der Waals surface area (Å²) in [4.78, 5) is 2.09. The molecule has 0 unspecified atom stereocenters. The highest BCUT2D eigenvalue weighted by Gasteiger charge is 2.07. The van der Waals surface area contributed by atoms with Gasteiger partial charge in [-0.05, 0) is 38.3 Å². The van der Waals surface area contributed by atoms with Crippen LogP contribution >= 0.6 is 38.6 Å². The summed E-state index contributed by atoms with van der Waals surface area (Å²) < 4.78 is 0.824. The number of thiophene rings is 1. The largest absolute Gasteiger partial charge is 0.345 e. The molecule has 0 aliphatic rings. The first kappa shape index (κ1) is 10.1. The highest BCUT2D eigenvalue weighted by Crippen LogP contribution is 2.24. The van der Waals surface area contributed by atoms with E-state index in [0.717, 1.165) is 15.6 Å². The van der Waals surface area contributed by atoms with E-state index in [2.05, 4.69) is 47.9 Å². The number of aromatic nitrogens is 2. The number of rotatable bonds is 3. The van der Waals surface area contributed by atoms with Crippen LogP contribution in [0.4, 0.5) is 5.13 Å². The minimum absolute atomic E-state index is 0.824. The summed E-state index contributed by atoms with van der Waals surface area (Å²) in [7, 11) is 2.02. The molecule has 3 nitrogen and oxygen atoms in total. The Balaban J connectivity index is 2.06. The molecular formula is C8H8BrN3S2. The predicted octanol–water partition coefficient (Wildman–Crippen LogP) is 3.00. The lowest BCUT2D eigenvalue weighted by Crippen LogP contribution is -2.15. The summed E-state index contributed by atoms with van der Waals surface area (Å²) in [6.07, 6.45) is 0. The molecule has 14 heavy (non-hydrogen) atoms. The first-order valence-corrected chi connectivity index (χ1v) is 6.52. The van der Waals surface area contributed by atoms with Crippen LogP contribution in [-0.4, -0.2) is 17.2 Å². The first-order chi connectivity index (χ1) is 6.75. The molecule has 0 atom stereocenters. The van der Waals surface area contributed by atoms with E-state index in [4.69, 9.17) is 0 Å². The van der Waals surface area contributed by atoms with E-state index in [1.54, 1.807) is 22.7 Å². The van der Waals surface area contributed by atoms with E-state index < -0.39 is 0 Å². The minimum atomic E-state index is 0.824. The van der Waals surface area contributed by atoms with Crippen molar-refractivity contribution in [1.29, 1.82) is 0 Å². The van der Waals surface area contributed by atoms with Crippen LogP contribution in [0.15, 0.2) is 20.7 Å². The molecule has 2 heterocycles. The second kappa shape index (κ2) is 4.37. The van der Waals surface area contributed by atoms with Crippen LogP contribution in [-0.2, 0) is 6.54 Å². The maximum atomic E-state index is 4.05. The summed E-state index contributed by atoms with van der Waals surface area (Å²) in [6.45, 7) is 0.880. The molecule has 0 aliphatic carbocycles. The molecule has 0 aromatic carbocycles. The summed E-state index contributed by atoms with van der Waals surface area (Å²) in [6, 6.07) is 2.12. The maximum absolute atomic E-state index is 4.05. The van der Waals surface area contributed by atoms with Gasteiger partial charge in [0, 0.05) is 13.6 Å². The molecular weight excluding hydrogens is 282 g/mol. The van der Waals surface area contributed by atoms with E-state index in [0.29, 0.717) is 0 Å². The van der Waals surface area contributed by atoms with E-state index in [9.17, 15) is 0 Å². The Morgan fingerprint density at radius 1 is 1.50 bits per heavy atom. The fraction of sp³-hybridized carbons (Fsp3) is 0.250. The second-order valence-corrected chi connectivity index (χ2v) is 5.84.